The molecule has 11 nitrogen and oxygen atoms in total. The average molecular weight is 596 g/mol. The summed E-state index contributed by atoms with van der Waals surface area (Å²) in [5.74, 6) is 1.65. The van der Waals surface area contributed by atoms with Crippen LogP contribution < -0.4 is 35.6 Å². The average Bonchev–Trinajstić information content (AvgIpc) is 3.23. The van der Waals surface area contributed by atoms with Crippen LogP contribution in [-0.4, -0.2) is 61.0 Å². The summed E-state index contributed by atoms with van der Waals surface area (Å²) < 4.78 is 18.7. The van der Waals surface area contributed by atoms with Gasteiger partial charge in [-0.15, -0.1) is 0 Å². The fraction of sp³-hybridized carbons (Fsp3) is 0.400. The van der Waals surface area contributed by atoms with Gasteiger partial charge in [0, 0.05) is 25.7 Å². The Balaban J connectivity index is 1.84. The first-order valence-corrected chi connectivity index (χ1v) is 14.9. The molecule has 0 saturated heterocycles. The van der Waals surface area contributed by atoms with E-state index in [1.165, 1.54) is 13.0 Å². The summed E-state index contributed by atoms with van der Waals surface area (Å²) in [7, 11) is 6.43. The molecule has 2 atom stereocenters. The largest absolute Gasteiger partial charge is 0.493 e. The number of thioether (sulfide) groups is 1. The molecular weight excluding hydrogens is 558 g/mol. The number of rotatable bonds is 11. The van der Waals surface area contributed by atoms with E-state index < -0.39 is 12.1 Å². The molecule has 3 aromatic rings. The van der Waals surface area contributed by atoms with Crippen LogP contribution in [-0.2, 0) is 23.1 Å². The summed E-state index contributed by atoms with van der Waals surface area (Å²) in [6.45, 7) is 1.45. The molecule has 1 aromatic heterocycles. The predicted octanol–water partition coefficient (Wildman–Crippen LogP) is 3.77. The number of aryl methyl sites for hydroxylation is 2. The summed E-state index contributed by atoms with van der Waals surface area (Å²) in [6, 6.07) is 5.85. The van der Waals surface area contributed by atoms with Crippen LogP contribution in [0.1, 0.15) is 36.9 Å². The summed E-state index contributed by atoms with van der Waals surface area (Å²) in [6.07, 6.45) is 6.88. The number of nitrogens with one attached hydrogen (secondary N) is 3. The highest BCUT2D eigenvalue weighted by atomic mass is 32.2. The minimum atomic E-state index is -0.676. The third-order valence-electron chi connectivity index (χ3n) is 7.15. The number of hydrogen-bond donors (Lipinski definition) is 3. The number of methoxy groups -OCH3 is 3. The molecule has 12 heteroatoms. The molecule has 42 heavy (non-hydrogen) atoms. The molecule has 224 valence electrons. The molecule has 0 fully saturated rings. The first-order valence-electron chi connectivity index (χ1n) is 13.5. The molecule has 2 aromatic carbocycles. The van der Waals surface area contributed by atoms with Crippen LogP contribution in [0.3, 0.4) is 0 Å². The first kappa shape index (κ1) is 30.8. The quantitative estimate of drug-likeness (QED) is 0.303. The van der Waals surface area contributed by atoms with Gasteiger partial charge in [-0.2, -0.15) is 16.9 Å². The molecule has 0 aliphatic heterocycles. The lowest BCUT2D eigenvalue weighted by Gasteiger charge is -2.19. The van der Waals surface area contributed by atoms with Crippen molar-refractivity contribution in [3.8, 4) is 28.4 Å². The second-order valence-corrected chi connectivity index (χ2v) is 11.0. The maximum absolute atomic E-state index is 13.7. The van der Waals surface area contributed by atoms with Crippen LogP contribution in [0.2, 0.25) is 0 Å². The van der Waals surface area contributed by atoms with Crippen LogP contribution in [0.15, 0.2) is 41.5 Å². The molecule has 3 N–H and O–H groups in total. The summed E-state index contributed by atoms with van der Waals surface area (Å²) in [4.78, 5) is 39.2. The van der Waals surface area contributed by atoms with Crippen LogP contribution in [0, 0.1) is 0 Å². The van der Waals surface area contributed by atoms with Gasteiger partial charge in [-0.25, -0.2) is 0 Å². The van der Waals surface area contributed by atoms with E-state index >= 15 is 0 Å². The topological polar surface area (TPSA) is 133 Å². The predicted molar refractivity (Wildman–Crippen MR) is 165 cm³/mol. The molecule has 1 aliphatic rings. The highest BCUT2D eigenvalue weighted by molar-refractivity contribution is 7.98. The Bertz CT molecular complexity index is 1520. The Morgan fingerprint density at radius 2 is 1.90 bits per heavy atom. The zero-order valence-electron chi connectivity index (χ0n) is 24.7. The van der Waals surface area contributed by atoms with Gasteiger partial charge in [-0.1, -0.05) is 6.07 Å². The number of fused-ring (bicyclic) bond motifs is 3. The zero-order chi connectivity index (χ0) is 30.4. The third kappa shape index (κ3) is 6.64. The normalized spacial score (nSPS) is 14.5. The van der Waals surface area contributed by atoms with Gasteiger partial charge >= 0.3 is 0 Å². The van der Waals surface area contributed by atoms with E-state index in [2.05, 4.69) is 21.0 Å². The standard InChI is InChI=1S/C30H37N5O6S/c1-17(36)32-22-9-7-18-13-26(39-3)28(40-4)29(41-5)27(18)20-8-10-23(25(37)14-21(20)22)34-24(11-12-42-6)30(38)33-19-15-31-35(2)16-19/h8,10,13-16,22,24H,7,9,11-12H2,1-6H3,(H,32,36)(H,33,38)(H,34,37). The Morgan fingerprint density at radius 3 is 2.52 bits per heavy atom. The summed E-state index contributed by atoms with van der Waals surface area (Å²) in [5, 5.41) is 13.2. The van der Waals surface area contributed by atoms with Gasteiger partial charge in [0.1, 0.15) is 6.04 Å². The summed E-state index contributed by atoms with van der Waals surface area (Å²) >= 11 is 1.61. The molecule has 0 saturated carbocycles. The van der Waals surface area contributed by atoms with Crippen molar-refractivity contribution in [1.82, 2.24) is 15.1 Å². The number of benzene rings is 1. The van der Waals surface area contributed by atoms with Crippen molar-refractivity contribution < 1.29 is 23.8 Å². The Hall–Kier alpha value is -4.19. The Labute approximate surface area is 249 Å². The van der Waals surface area contributed by atoms with Crippen molar-refractivity contribution in [2.24, 2.45) is 7.05 Å². The minimum absolute atomic E-state index is 0.208. The van der Waals surface area contributed by atoms with Gasteiger partial charge in [0.2, 0.25) is 23.0 Å². The fourth-order valence-electron chi connectivity index (χ4n) is 5.23. The van der Waals surface area contributed by atoms with Crippen LogP contribution >= 0.6 is 11.8 Å². The van der Waals surface area contributed by atoms with Crippen molar-refractivity contribution >= 4 is 35.0 Å². The third-order valence-corrected chi connectivity index (χ3v) is 7.79. The van der Waals surface area contributed by atoms with E-state index in [4.69, 9.17) is 14.2 Å². The van der Waals surface area contributed by atoms with E-state index in [1.54, 1.807) is 63.3 Å². The lowest BCUT2D eigenvalue weighted by atomic mass is 9.95. The van der Waals surface area contributed by atoms with Gasteiger partial charge in [0.15, 0.2) is 11.5 Å². The van der Waals surface area contributed by atoms with Crippen molar-refractivity contribution in [2.75, 3.05) is 44.0 Å². The molecule has 4 rings (SSSR count). The number of nitrogens with zero attached hydrogens (tertiary/aromatic N) is 2. The smallest absolute Gasteiger partial charge is 0.246 e. The zero-order valence-corrected chi connectivity index (χ0v) is 25.5. The lowest BCUT2D eigenvalue weighted by Crippen LogP contribution is -2.36. The Kier molecular flexibility index (Phi) is 10.00. The van der Waals surface area contributed by atoms with E-state index in [9.17, 15) is 14.4 Å². The number of hydrogen-bond acceptors (Lipinski definition) is 9. The van der Waals surface area contributed by atoms with Crippen LogP contribution in [0.4, 0.5) is 11.4 Å². The molecular formula is C30H37N5O6S. The van der Waals surface area contributed by atoms with Gasteiger partial charge in [0.05, 0.1) is 44.9 Å². The molecule has 0 bridgehead atoms. The van der Waals surface area contributed by atoms with E-state index in [0.717, 1.165) is 11.1 Å². The van der Waals surface area contributed by atoms with Gasteiger partial charge in [0.25, 0.3) is 0 Å². The van der Waals surface area contributed by atoms with Crippen LogP contribution in [0.5, 0.6) is 17.2 Å². The van der Waals surface area contributed by atoms with Crippen molar-refractivity contribution in [1.29, 1.82) is 0 Å². The monoisotopic (exact) mass is 595 g/mol. The molecule has 2 unspecified atom stereocenters. The summed E-state index contributed by atoms with van der Waals surface area (Å²) in [5.41, 5.74) is 3.57. The second-order valence-electron chi connectivity index (χ2n) is 9.97. The van der Waals surface area contributed by atoms with E-state index in [-0.39, 0.29) is 22.9 Å². The molecule has 1 heterocycles. The molecule has 0 spiro atoms. The number of carbonyl (C=O) groups excluding carboxylic acids is 2. The maximum atomic E-state index is 13.7. The number of ether oxygens (including phenoxy) is 3. The lowest BCUT2D eigenvalue weighted by molar-refractivity contribution is -0.120. The SMILES string of the molecule is COc1cc2c(c(OC)c1OC)-c1ccc(NC(CCSC)C(=O)Nc3cnn(C)c3)c(=O)cc1C(NC(C)=O)CC2. The highest BCUT2D eigenvalue weighted by Crippen LogP contribution is 2.50. The maximum Gasteiger partial charge on any atom is 0.246 e. The van der Waals surface area contributed by atoms with Gasteiger partial charge in [-0.3, -0.25) is 19.1 Å². The molecule has 0 radical (unpaired) electrons. The number of carbonyl (C=O) groups is 2. The fourth-order valence-corrected chi connectivity index (χ4v) is 5.71. The molecule has 2 amide bonds. The van der Waals surface area contributed by atoms with E-state index in [0.29, 0.717) is 59.1 Å². The molecule has 1 aliphatic carbocycles. The second kappa shape index (κ2) is 13.6. The van der Waals surface area contributed by atoms with Crippen LogP contribution in [0.25, 0.3) is 11.1 Å². The van der Waals surface area contributed by atoms with Crippen molar-refractivity contribution in [3.05, 3.63) is 58.0 Å². The van der Waals surface area contributed by atoms with E-state index in [1.807, 2.05) is 18.4 Å². The number of anilines is 2. The van der Waals surface area contributed by atoms with Gasteiger partial charge in [-0.05, 0) is 66.2 Å². The Morgan fingerprint density at radius 1 is 1.14 bits per heavy atom. The highest BCUT2D eigenvalue weighted by Gasteiger charge is 2.30. The first-order chi connectivity index (χ1) is 20.2. The minimum Gasteiger partial charge on any atom is -0.493 e. The number of aromatic nitrogens is 2. The van der Waals surface area contributed by atoms with Crippen molar-refractivity contribution in [2.45, 2.75) is 38.3 Å². The number of amides is 2. The van der Waals surface area contributed by atoms with Gasteiger partial charge < -0.3 is 30.2 Å². The van der Waals surface area contributed by atoms with Crippen molar-refractivity contribution in [3.63, 3.8) is 0 Å².